The third-order valence-corrected chi connectivity index (χ3v) is 4.12. The first kappa shape index (κ1) is 15.8. The Morgan fingerprint density at radius 2 is 2.30 bits per heavy atom. The lowest BCUT2D eigenvalue weighted by atomic mass is 10.1. The number of nitrogens with zero attached hydrogens (tertiary/aromatic N) is 2. The lowest BCUT2D eigenvalue weighted by Crippen LogP contribution is -2.37. The Labute approximate surface area is 135 Å². The van der Waals surface area contributed by atoms with Crippen molar-refractivity contribution < 1.29 is 13.9 Å². The van der Waals surface area contributed by atoms with Gasteiger partial charge in [0, 0.05) is 20.2 Å². The predicted molar refractivity (Wildman–Crippen MR) is 87.1 cm³/mol. The molecule has 0 saturated carbocycles. The zero-order chi connectivity index (χ0) is 16.1. The van der Waals surface area contributed by atoms with Crippen LogP contribution in [0.2, 0.25) is 0 Å². The number of oxazole rings is 1. The zero-order valence-electron chi connectivity index (χ0n) is 13.5. The fourth-order valence-electron chi connectivity index (χ4n) is 2.81. The summed E-state index contributed by atoms with van der Waals surface area (Å²) < 4.78 is 11.2. The number of ether oxygens (including phenoxy) is 1. The molecule has 1 unspecified atom stereocenters. The monoisotopic (exact) mass is 317 g/mol. The van der Waals surface area contributed by atoms with Gasteiger partial charge in [0.25, 0.3) is 0 Å². The van der Waals surface area contributed by atoms with E-state index in [0.717, 1.165) is 49.9 Å². The minimum absolute atomic E-state index is 0.111. The average Bonchev–Trinajstić information content (AvgIpc) is 3.21. The van der Waals surface area contributed by atoms with Gasteiger partial charge in [-0.05, 0) is 37.8 Å². The SMILES string of the molecule is CN(CCCC1CCCO1)C(=O)NCc1nc2ccccc2o1. The zero-order valence-corrected chi connectivity index (χ0v) is 13.5. The van der Waals surface area contributed by atoms with E-state index in [0.29, 0.717) is 18.5 Å². The summed E-state index contributed by atoms with van der Waals surface area (Å²) in [6.07, 6.45) is 4.66. The highest BCUT2D eigenvalue weighted by Crippen LogP contribution is 2.17. The van der Waals surface area contributed by atoms with Crippen molar-refractivity contribution in [2.24, 2.45) is 0 Å². The second-order valence-electron chi connectivity index (χ2n) is 5.93. The number of urea groups is 1. The first-order valence-corrected chi connectivity index (χ1v) is 8.17. The van der Waals surface area contributed by atoms with Crippen LogP contribution in [0, 0.1) is 0 Å². The number of carbonyl (C=O) groups is 1. The Bertz CT molecular complexity index is 616. The molecule has 0 bridgehead atoms. The molecule has 3 rings (SSSR count). The molecule has 1 aromatic carbocycles. The second-order valence-corrected chi connectivity index (χ2v) is 5.93. The molecule has 1 fully saturated rings. The fraction of sp³-hybridized carbons (Fsp3) is 0.529. The van der Waals surface area contributed by atoms with E-state index < -0.39 is 0 Å². The molecule has 2 aromatic rings. The van der Waals surface area contributed by atoms with Gasteiger partial charge in [0.15, 0.2) is 5.58 Å². The van der Waals surface area contributed by atoms with Gasteiger partial charge in [0.05, 0.1) is 12.6 Å². The van der Waals surface area contributed by atoms with Crippen molar-refractivity contribution in [3.05, 3.63) is 30.2 Å². The first-order valence-electron chi connectivity index (χ1n) is 8.17. The minimum Gasteiger partial charge on any atom is -0.439 e. The third-order valence-electron chi connectivity index (χ3n) is 4.12. The van der Waals surface area contributed by atoms with Crippen molar-refractivity contribution in [3.63, 3.8) is 0 Å². The lowest BCUT2D eigenvalue weighted by molar-refractivity contribution is 0.100. The Morgan fingerprint density at radius 1 is 1.43 bits per heavy atom. The summed E-state index contributed by atoms with van der Waals surface area (Å²) in [5.74, 6) is 0.521. The normalized spacial score (nSPS) is 17.5. The molecule has 1 saturated heterocycles. The summed E-state index contributed by atoms with van der Waals surface area (Å²) >= 11 is 0. The number of rotatable bonds is 6. The number of hydrogen-bond acceptors (Lipinski definition) is 4. The molecule has 23 heavy (non-hydrogen) atoms. The van der Waals surface area contributed by atoms with Crippen LogP contribution in [-0.2, 0) is 11.3 Å². The standard InChI is InChI=1S/C17H23N3O3/c1-20(10-4-6-13-7-5-11-22-13)17(21)18-12-16-19-14-8-2-3-9-15(14)23-16/h2-3,8-9,13H,4-7,10-12H2,1H3,(H,18,21). The number of aromatic nitrogens is 1. The van der Waals surface area contributed by atoms with Gasteiger partial charge < -0.3 is 19.4 Å². The molecule has 0 aliphatic carbocycles. The summed E-state index contributed by atoms with van der Waals surface area (Å²) in [5, 5.41) is 2.84. The number of carbonyl (C=O) groups excluding carboxylic acids is 1. The van der Waals surface area contributed by atoms with E-state index in [1.54, 1.807) is 11.9 Å². The number of fused-ring (bicyclic) bond motifs is 1. The molecule has 0 radical (unpaired) electrons. The maximum atomic E-state index is 12.1. The topological polar surface area (TPSA) is 67.6 Å². The Hall–Kier alpha value is -2.08. The minimum atomic E-state index is -0.111. The van der Waals surface area contributed by atoms with Gasteiger partial charge in [-0.2, -0.15) is 0 Å². The first-order chi connectivity index (χ1) is 11.2. The van der Waals surface area contributed by atoms with Crippen molar-refractivity contribution in [1.29, 1.82) is 0 Å². The highest BCUT2D eigenvalue weighted by molar-refractivity contribution is 5.74. The van der Waals surface area contributed by atoms with Gasteiger partial charge in [-0.3, -0.25) is 0 Å². The maximum absolute atomic E-state index is 12.1. The number of hydrogen-bond donors (Lipinski definition) is 1. The highest BCUT2D eigenvalue weighted by atomic mass is 16.5. The molecule has 1 atom stereocenters. The molecule has 124 valence electrons. The van der Waals surface area contributed by atoms with Gasteiger partial charge in [0.2, 0.25) is 5.89 Å². The molecule has 0 spiro atoms. The van der Waals surface area contributed by atoms with Crippen molar-refractivity contribution in [2.45, 2.75) is 38.3 Å². The predicted octanol–water partition coefficient (Wildman–Crippen LogP) is 2.93. The van der Waals surface area contributed by atoms with Gasteiger partial charge in [0.1, 0.15) is 5.52 Å². The molecular weight excluding hydrogens is 294 g/mol. The molecule has 1 N–H and O–H groups in total. The van der Waals surface area contributed by atoms with Crippen molar-refractivity contribution >= 4 is 17.1 Å². The van der Waals surface area contributed by atoms with Gasteiger partial charge >= 0.3 is 6.03 Å². The summed E-state index contributed by atoms with van der Waals surface area (Å²) in [4.78, 5) is 18.1. The van der Waals surface area contributed by atoms with E-state index in [1.807, 2.05) is 24.3 Å². The van der Waals surface area contributed by atoms with Gasteiger partial charge in [-0.1, -0.05) is 12.1 Å². The number of para-hydroxylation sites is 2. The van der Waals surface area contributed by atoms with E-state index in [2.05, 4.69) is 10.3 Å². The van der Waals surface area contributed by atoms with E-state index in [9.17, 15) is 4.79 Å². The Kier molecular flexibility index (Phi) is 5.12. The van der Waals surface area contributed by atoms with Crippen LogP contribution in [0.3, 0.4) is 0 Å². The fourth-order valence-corrected chi connectivity index (χ4v) is 2.81. The van der Waals surface area contributed by atoms with E-state index in [-0.39, 0.29) is 6.03 Å². The molecule has 2 heterocycles. The summed E-state index contributed by atoms with van der Waals surface area (Å²) in [6, 6.07) is 7.46. The number of amides is 2. The second kappa shape index (κ2) is 7.46. The van der Waals surface area contributed by atoms with Gasteiger partial charge in [-0.15, -0.1) is 0 Å². The summed E-state index contributed by atoms with van der Waals surface area (Å²) in [7, 11) is 1.80. The van der Waals surface area contributed by atoms with Crippen LogP contribution < -0.4 is 5.32 Å². The average molecular weight is 317 g/mol. The Morgan fingerprint density at radius 3 is 3.09 bits per heavy atom. The molecule has 6 nitrogen and oxygen atoms in total. The summed E-state index contributed by atoms with van der Waals surface area (Å²) in [6.45, 7) is 1.90. The lowest BCUT2D eigenvalue weighted by Gasteiger charge is -2.18. The van der Waals surface area contributed by atoms with Crippen LogP contribution in [0.5, 0.6) is 0 Å². The number of nitrogens with one attached hydrogen (secondary N) is 1. The van der Waals surface area contributed by atoms with E-state index in [4.69, 9.17) is 9.15 Å². The van der Waals surface area contributed by atoms with Crippen molar-refractivity contribution in [3.8, 4) is 0 Å². The van der Waals surface area contributed by atoms with E-state index in [1.165, 1.54) is 0 Å². The molecule has 2 amide bonds. The van der Waals surface area contributed by atoms with E-state index >= 15 is 0 Å². The summed E-state index contributed by atoms with van der Waals surface area (Å²) in [5.41, 5.74) is 1.54. The maximum Gasteiger partial charge on any atom is 0.317 e. The molecule has 6 heteroatoms. The van der Waals surface area contributed by atoms with Crippen molar-refractivity contribution in [1.82, 2.24) is 15.2 Å². The van der Waals surface area contributed by atoms with Crippen molar-refractivity contribution in [2.75, 3.05) is 20.2 Å². The van der Waals surface area contributed by atoms with Crippen LogP contribution in [0.4, 0.5) is 4.79 Å². The molecule has 1 aliphatic rings. The molecular formula is C17H23N3O3. The van der Waals surface area contributed by atoms with Crippen LogP contribution in [0.15, 0.2) is 28.7 Å². The van der Waals surface area contributed by atoms with Gasteiger partial charge in [-0.25, -0.2) is 9.78 Å². The largest absolute Gasteiger partial charge is 0.439 e. The molecule has 1 aliphatic heterocycles. The van der Waals surface area contributed by atoms with Crippen LogP contribution in [0.25, 0.3) is 11.1 Å². The quantitative estimate of drug-likeness (QED) is 0.889. The Balaban J connectivity index is 1.40. The third kappa shape index (κ3) is 4.22. The smallest absolute Gasteiger partial charge is 0.317 e. The van der Waals surface area contributed by atoms with Crippen LogP contribution in [-0.4, -0.2) is 42.2 Å². The van der Waals surface area contributed by atoms with Crippen LogP contribution in [0.1, 0.15) is 31.6 Å². The van der Waals surface area contributed by atoms with Crippen LogP contribution >= 0.6 is 0 Å². The highest BCUT2D eigenvalue weighted by Gasteiger charge is 2.16. The number of benzene rings is 1. The molecule has 1 aromatic heterocycles.